The lowest BCUT2D eigenvalue weighted by Gasteiger charge is -2.11. The van der Waals surface area contributed by atoms with Gasteiger partial charge >= 0.3 is 0 Å². The first-order valence-electron chi connectivity index (χ1n) is 12.3. The van der Waals surface area contributed by atoms with E-state index in [1.54, 1.807) is 18.2 Å². The Kier molecular flexibility index (Phi) is 6.06. The van der Waals surface area contributed by atoms with Crippen LogP contribution in [0.3, 0.4) is 0 Å². The van der Waals surface area contributed by atoms with E-state index in [0.717, 1.165) is 70.7 Å². The van der Waals surface area contributed by atoms with Crippen LogP contribution in [0.25, 0.3) is 28.0 Å². The third-order valence-electron chi connectivity index (χ3n) is 6.97. The molecule has 0 spiro atoms. The lowest BCUT2D eigenvalue weighted by molar-refractivity contribution is 0.102. The van der Waals surface area contributed by atoms with Crippen LogP contribution < -0.4 is 5.32 Å². The van der Waals surface area contributed by atoms with Gasteiger partial charge in [-0.2, -0.15) is 0 Å². The second-order valence-corrected chi connectivity index (χ2v) is 10.3. The minimum Gasteiger partial charge on any atom is -0.325 e. The lowest BCUT2D eigenvalue weighted by atomic mass is 9.97. The molecule has 0 saturated heterocycles. The number of benzene rings is 3. The SMILES string of the molecule is Cc1cccc(NC(=O)c2c(-c3ccc(F)cc3)c3c4n(c(-c5ccc(Cl)c(Cl)c5)cn24)CCCC3)c1. The lowest BCUT2D eigenvalue weighted by Crippen LogP contribution is -2.15. The highest BCUT2D eigenvalue weighted by Gasteiger charge is 2.29. The number of hydrogen-bond donors (Lipinski definition) is 1. The molecule has 186 valence electrons. The Hall–Kier alpha value is -3.54. The molecule has 0 radical (unpaired) electrons. The second kappa shape index (κ2) is 9.40. The predicted molar refractivity (Wildman–Crippen MR) is 148 cm³/mol. The van der Waals surface area contributed by atoms with Crippen molar-refractivity contribution >= 4 is 40.4 Å². The van der Waals surface area contributed by atoms with E-state index < -0.39 is 0 Å². The first-order chi connectivity index (χ1) is 17.9. The van der Waals surface area contributed by atoms with Crippen molar-refractivity contribution in [3.05, 3.63) is 106 Å². The molecule has 0 aliphatic carbocycles. The summed E-state index contributed by atoms with van der Waals surface area (Å²) in [6.07, 6.45) is 4.80. The number of anilines is 1. The molecule has 0 saturated carbocycles. The number of aryl methyl sites for hydroxylation is 3. The molecular formula is C30H24Cl2FN3O. The van der Waals surface area contributed by atoms with Crippen LogP contribution >= 0.6 is 23.2 Å². The van der Waals surface area contributed by atoms with Crippen LogP contribution in [0.15, 0.2) is 72.9 Å². The average molecular weight is 532 g/mol. The van der Waals surface area contributed by atoms with Gasteiger partial charge in [-0.1, -0.05) is 53.5 Å². The molecule has 1 aliphatic rings. The number of nitrogens with one attached hydrogen (secondary N) is 1. The Morgan fingerprint density at radius 3 is 2.49 bits per heavy atom. The predicted octanol–water partition coefficient (Wildman–Crippen LogP) is 8.42. The summed E-state index contributed by atoms with van der Waals surface area (Å²) >= 11 is 12.6. The van der Waals surface area contributed by atoms with Crippen LogP contribution in [-0.4, -0.2) is 14.9 Å². The highest BCUT2D eigenvalue weighted by Crippen LogP contribution is 2.40. The van der Waals surface area contributed by atoms with E-state index in [4.69, 9.17) is 23.2 Å². The van der Waals surface area contributed by atoms with E-state index in [1.807, 2.05) is 53.9 Å². The Morgan fingerprint density at radius 2 is 1.73 bits per heavy atom. The molecule has 4 nitrogen and oxygen atoms in total. The molecule has 5 aromatic rings. The molecule has 3 heterocycles. The van der Waals surface area contributed by atoms with Gasteiger partial charge in [0.05, 0.1) is 15.7 Å². The van der Waals surface area contributed by atoms with Gasteiger partial charge in [0.2, 0.25) is 0 Å². The number of carbonyl (C=O) groups excluding carboxylic acids is 1. The zero-order valence-electron chi connectivity index (χ0n) is 20.2. The smallest absolute Gasteiger partial charge is 0.273 e. The summed E-state index contributed by atoms with van der Waals surface area (Å²) in [4.78, 5) is 13.9. The average Bonchev–Trinajstić information content (AvgIpc) is 3.29. The number of nitrogens with zero attached hydrogens (tertiary/aromatic N) is 2. The second-order valence-electron chi connectivity index (χ2n) is 9.48. The van der Waals surface area contributed by atoms with E-state index in [9.17, 15) is 9.18 Å². The molecule has 1 aliphatic heterocycles. The van der Waals surface area contributed by atoms with Crippen LogP contribution in [0, 0.1) is 12.7 Å². The summed E-state index contributed by atoms with van der Waals surface area (Å²) in [7, 11) is 0. The normalized spacial score (nSPS) is 13.1. The van der Waals surface area contributed by atoms with Crippen LogP contribution in [0.5, 0.6) is 0 Å². The highest BCUT2D eigenvalue weighted by molar-refractivity contribution is 6.42. The largest absolute Gasteiger partial charge is 0.325 e. The molecule has 0 unspecified atom stereocenters. The zero-order chi connectivity index (χ0) is 25.7. The molecule has 3 aromatic carbocycles. The Balaban J connectivity index is 1.61. The first kappa shape index (κ1) is 23.8. The van der Waals surface area contributed by atoms with E-state index >= 15 is 0 Å². The van der Waals surface area contributed by atoms with Crippen molar-refractivity contribution < 1.29 is 9.18 Å². The van der Waals surface area contributed by atoms with Gasteiger partial charge in [0.15, 0.2) is 0 Å². The Morgan fingerprint density at radius 1 is 0.946 bits per heavy atom. The van der Waals surface area contributed by atoms with Crippen molar-refractivity contribution in [2.45, 2.75) is 32.7 Å². The maximum Gasteiger partial charge on any atom is 0.273 e. The minimum atomic E-state index is -0.310. The number of amides is 1. The molecular weight excluding hydrogens is 508 g/mol. The van der Waals surface area contributed by atoms with E-state index in [1.165, 1.54) is 12.1 Å². The number of hydrogen-bond acceptors (Lipinski definition) is 1. The van der Waals surface area contributed by atoms with Crippen LogP contribution in [0.4, 0.5) is 10.1 Å². The summed E-state index contributed by atoms with van der Waals surface area (Å²) < 4.78 is 18.1. The third-order valence-corrected chi connectivity index (χ3v) is 7.71. The van der Waals surface area contributed by atoms with E-state index in [-0.39, 0.29) is 11.7 Å². The molecule has 1 amide bonds. The minimum absolute atomic E-state index is 0.218. The molecule has 1 N–H and O–H groups in total. The van der Waals surface area contributed by atoms with Crippen molar-refractivity contribution in [1.29, 1.82) is 0 Å². The highest BCUT2D eigenvalue weighted by atomic mass is 35.5. The standard InChI is InChI=1S/C30H24Cl2FN3O/c1-18-5-4-6-22(15-18)34-29(37)28-27(19-8-11-21(33)12-9-19)23-7-2-3-14-35-26(17-36(28)30(23)35)20-10-13-24(31)25(32)16-20/h4-6,8-13,15-17H,2-3,7,14H2,1H3,(H,34,37). The monoisotopic (exact) mass is 531 g/mol. The van der Waals surface area contributed by atoms with Gasteiger partial charge in [-0.15, -0.1) is 0 Å². The molecule has 0 fully saturated rings. The molecule has 6 rings (SSSR count). The van der Waals surface area contributed by atoms with Crippen molar-refractivity contribution in [2.24, 2.45) is 0 Å². The Bertz CT molecular complexity index is 1670. The van der Waals surface area contributed by atoms with Crippen molar-refractivity contribution in [3.63, 3.8) is 0 Å². The molecule has 2 aromatic heterocycles. The van der Waals surface area contributed by atoms with Gasteiger partial charge in [-0.05, 0) is 73.7 Å². The Labute approximate surface area is 224 Å². The fourth-order valence-electron chi connectivity index (χ4n) is 5.34. The maximum absolute atomic E-state index is 13.9. The van der Waals surface area contributed by atoms with Gasteiger partial charge in [0.25, 0.3) is 5.91 Å². The van der Waals surface area contributed by atoms with Gasteiger partial charge < -0.3 is 9.88 Å². The van der Waals surface area contributed by atoms with Crippen LogP contribution in [0.1, 0.15) is 34.5 Å². The third kappa shape index (κ3) is 4.22. The van der Waals surface area contributed by atoms with E-state index in [0.29, 0.717) is 15.7 Å². The van der Waals surface area contributed by atoms with Crippen molar-refractivity contribution in [2.75, 3.05) is 5.32 Å². The molecule has 0 atom stereocenters. The number of rotatable bonds is 4. The fraction of sp³-hybridized carbons (Fsp3) is 0.167. The van der Waals surface area contributed by atoms with Crippen molar-refractivity contribution in [3.8, 4) is 22.4 Å². The molecule has 0 bridgehead atoms. The number of halogens is 3. The quantitative estimate of drug-likeness (QED) is 0.248. The summed E-state index contributed by atoms with van der Waals surface area (Å²) in [6, 6.07) is 19.7. The topological polar surface area (TPSA) is 38.4 Å². The molecule has 37 heavy (non-hydrogen) atoms. The maximum atomic E-state index is 13.9. The van der Waals surface area contributed by atoms with E-state index in [2.05, 4.69) is 9.88 Å². The van der Waals surface area contributed by atoms with Gasteiger partial charge in [0, 0.05) is 35.1 Å². The first-order valence-corrected chi connectivity index (χ1v) is 13.0. The fourth-order valence-corrected chi connectivity index (χ4v) is 5.63. The number of carbonyl (C=O) groups is 1. The van der Waals surface area contributed by atoms with Gasteiger partial charge in [-0.3, -0.25) is 9.20 Å². The summed E-state index contributed by atoms with van der Waals surface area (Å²) in [5.74, 6) is -0.528. The van der Waals surface area contributed by atoms with Crippen LogP contribution in [0.2, 0.25) is 10.0 Å². The summed E-state index contributed by atoms with van der Waals surface area (Å²) in [6.45, 7) is 2.80. The zero-order valence-corrected chi connectivity index (χ0v) is 21.7. The van der Waals surface area contributed by atoms with Gasteiger partial charge in [-0.25, -0.2) is 4.39 Å². The number of imidazole rings is 1. The van der Waals surface area contributed by atoms with Crippen molar-refractivity contribution in [1.82, 2.24) is 8.97 Å². The van der Waals surface area contributed by atoms with Gasteiger partial charge in [0.1, 0.15) is 17.2 Å². The summed E-state index contributed by atoms with van der Waals surface area (Å²) in [5.41, 5.74) is 7.93. The summed E-state index contributed by atoms with van der Waals surface area (Å²) in [5, 5.41) is 4.07. The number of aromatic nitrogens is 2. The molecule has 7 heteroatoms. The van der Waals surface area contributed by atoms with Crippen LogP contribution in [-0.2, 0) is 13.0 Å².